The Labute approximate surface area is 187 Å². The summed E-state index contributed by atoms with van der Waals surface area (Å²) in [5, 5.41) is 11.4. The maximum atomic E-state index is 12.4. The van der Waals surface area contributed by atoms with Crippen LogP contribution in [0.1, 0.15) is 55.5 Å². The molecule has 3 rings (SSSR count). The Balaban J connectivity index is 1.53. The molecule has 2 amide bonds. The second-order valence-electron chi connectivity index (χ2n) is 7.84. The van der Waals surface area contributed by atoms with Crippen molar-refractivity contribution < 1.29 is 9.59 Å². The Morgan fingerprint density at radius 3 is 2.53 bits per heavy atom. The van der Waals surface area contributed by atoms with Crippen molar-refractivity contribution in [2.45, 2.75) is 64.8 Å². The van der Waals surface area contributed by atoms with Crippen LogP contribution in [0.3, 0.4) is 0 Å². The second kappa shape index (κ2) is 10.3. The van der Waals surface area contributed by atoms with Crippen LogP contribution in [-0.4, -0.2) is 34.2 Å². The monoisotopic (exact) mass is 450 g/mol. The van der Waals surface area contributed by atoms with E-state index in [-0.39, 0.29) is 18.2 Å². The number of benzene rings is 1. The molecule has 1 aliphatic carbocycles. The fraction of sp³-hybridized carbons (Fsp3) is 0.500. The van der Waals surface area contributed by atoms with E-state index in [0.29, 0.717) is 29.1 Å². The molecular weight excluding hydrogens is 423 g/mol. The molecule has 1 aliphatic rings. The molecule has 0 saturated heterocycles. The van der Waals surface area contributed by atoms with E-state index in [9.17, 15) is 9.59 Å². The first-order chi connectivity index (χ1) is 14.3. The van der Waals surface area contributed by atoms with Crippen LogP contribution in [0, 0.1) is 13.8 Å². The summed E-state index contributed by atoms with van der Waals surface area (Å²) in [5.41, 5.74) is 3.31. The number of nitrogens with one attached hydrogen (secondary N) is 2. The smallest absolute Gasteiger partial charge is 0.224 e. The molecular formula is C22H28Cl2N4O2. The van der Waals surface area contributed by atoms with Crippen molar-refractivity contribution in [1.82, 2.24) is 20.4 Å². The lowest BCUT2D eigenvalue weighted by molar-refractivity contribution is -0.122. The number of halogens is 2. The van der Waals surface area contributed by atoms with Crippen LogP contribution in [0.2, 0.25) is 10.0 Å². The van der Waals surface area contributed by atoms with Gasteiger partial charge in [0.25, 0.3) is 0 Å². The number of hydrogen-bond acceptors (Lipinski definition) is 3. The highest BCUT2D eigenvalue weighted by atomic mass is 35.5. The molecule has 6 nitrogen and oxygen atoms in total. The van der Waals surface area contributed by atoms with Gasteiger partial charge < -0.3 is 10.6 Å². The van der Waals surface area contributed by atoms with Gasteiger partial charge in [0.15, 0.2) is 0 Å². The largest absolute Gasteiger partial charge is 0.355 e. The minimum absolute atomic E-state index is 0.00185. The first-order valence-electron chi connectivity index (χ1n) is 10.4. The Bertz CT molecular complexity index is 920. The molecule has 1 aromatic carbocycles. The lowest BCUT2D eigenvalue weighted by atomic mass is 9.95. The van der Waals surface area contributed by atoms with E-state index in [4.69, 9.17) is 23.2 Å². The third-order valence-electron chi connectivity index (χ3n) is 5.57. The number of aryl methyl sites for hydroxylation is 1. The van der Waals surface area contributed by atoms with E-state index in [1.54, 1.807) is 16.8 Å². The van der Waals surface area contributed by atoms with E-state index in [1.165, 1.54) is 19.3 Å². The van der Waals surface area contributed by atoms with Crippen LogP contribution in [0.15, 0.2) is 18.2 Å². The highest BCUT2D eigenvalue weighted by molar-refractivity contribution is 6.42. The number of aromatic nitrogens is 2. The van der Waals surface area contributed by atoms with E-state index in [2.05, 4.69) is 15.7 Å². The van der Waals surface area contributed by atoms with Crippen molar-refractivity contribution in [1.29, 1.82) is 0 Å². The average molecular weight is 451 g/mol. The highest BCUT2D eigenvalue weighted by Gasteiger charge is 2.18. The summed E-state index contributed by atoms with van der Waals surface area (Å²) in [5.74, 6) is -0.123. The van der Waals surface area contributed by atoms with Gasteiger partial charge in [-0.15, -0.1) is 0 Å². The molecule has 0 bridgehead atoms. The molecule has 0 aliphatic heterocycles. The van der Waals surface area contributed by atoms with Crippen LogP contribution in [-0.2, 0) is 16.0 Å². The van der Waals surface area contributed by atoms with E-state index >= 15 is 0 Å². The van der Waals surface area contributed by atoms with E-state index < -0.39 is 0 Å². The van der Waals surface area contributed by atoms with Crippen molar-refractivity contribution in [3.8, 4) is 5.69 Å². The maximum Gasteiger partial charge on any atom is 0.224 e. The van der Waals surface area contributed by atoms with Gasteiger partial charge in [0, 0.05) is 30.3 Å². The van der Waals surface area contributed by atoms with Gasteiger partial charge in [0.05, 0.1) is 27.8 Å². The number of carbonyl (C=O) groups is 2. The van der Waals surface area contributed by atoms with Gasteiger partial charge in [0.1, 0.15) is 0 Å². The predicted octanol–water partition coefficient (Wildman–Crippen LogP) is 4.29. The average Bonchev–Trinajstić information content (AvgIpc) is 2.99. The fourth-order valence-electron chi connectivity index (χ4n) is 3.88. The predicted molar refractivity (Wildman–Crippen MR) is 119 cm³/mol. The summed E-state index contributed by atoms with van der Waals surface area (Å²) in [6.07, 6.45) is 6.22. The number of carbonyl (C=O) groups excluding carboxylic acids is 2. The topological polar surface area (TPSA) is 76.0 Å². The van der Waals surface area contributed by atoms with Crippen molar-refractivity contribution in [2.24, 2.45) is 0 Å². The summed E-state index contributed by atoms with van der Waals surface area (Å²) < 4.78 is 1.76. The number of hydrogen-bond donors (Lipinski definition) is 2. The third-order valence-corrected chi connectivity index (χ3v) is 6.31. The Morgan fingerprint density at radius 2 is 1.83 bits per heavy atom. The highest BCUT2D eigenvalue weighted by Crippen LogP contribution is 2.26. The molecule has 1 fully saturated rings. The zero-order valence-electron chi connectivity index (χ0n) is 17.4. The zero-order chi connectivity index (χ0) is 21.7. The minimum Gasteiger partial charge on any atom is -0.355 e. The lowest BCUT2D eigenvalue weighted by Gasteiger charge is -2.22. The zero-order valence-corrected chi connectivity index (χ0v) is 18.9. The molecule has 30 heavy (non-hydrogen) atoms. The summed E-state index contributed by atoms with van der Waals surface area (Å²) in [6, 6.07) is 5.60. The molecule has 0 atom stereocenters. The molecule has 162 valence electrons. The minimum atomic E-state index is -0.125. The Morgan fingerprint density at radius 1 is 1.10 bits per heavy atom. The van der Waals surface area contributed by atoms with Gasteiger partial charge in [-0.3, -0.25) is 9.59 Å². The van der Waals surface area contributed by atoms with Crippen molar-refractivity contribution in [2.75, 3.05) is 6.54 Å². The summed E-state index contributed by atoms with van der Waals surface area (Å²) in [7, 11) is 0. The molecule has 2 N–H and O–H groups in total. The van der Waals surface area contributed by atoms with Crippen LogP contribution in [0.5, 0.6) is 0 Å². The molecule has 1 aromatic heterocycles. The molecule has 1 heterocycles. The van der Waals surface area contributed by atoms with Gasteiger partial charge in [-0.05, 0) is 44.9 Å². The van der Waals surface area contributed by atoms with Gasteiger partial charge in [-0.25, -0.2) is 4.68 Å². The van der Waals surface area contributed by atoms with Gasteiger partial charge in [0.2, 0.25) is 11.8 Å². The van der Waals surface area contributed by atoms with Crippen molar-refractivity contribution in [3.63, 3.8) is 0 Å². The molecule has 0 radical (unpaired) electrons. The summed E-state index contributed by atoms with van der Waals surface area (Å²) in [4.78, 5) is 24.5. The number of amides is 2. The Hall–Kier alpha value is -2.05. The second-order valence-corrected chi connectivity index (χ2v) is 8.65. The maximum absolute atomic E-state index is 12.4. The van der Waals surface area contributed by atoms with Gasteiger partial charge in [-0.1, -0.05) is 42.5 Å². The van der Waals surface area contributed by atoms with Crippen LogP contribution < -0.4 is 10.6 Å². The number of rotatable bonds is 7. The van der Waals surface area contributed by atoms with Crippen LogP contribution in [0.25, 0.3) is 5.69 Å². The van der Waals surface area contributed by atoms with Crippen LogP contribution in [0.4, 0.5) is 0 Å². The molecule has 8 heteroatoms. The number of nitrogens with zero attached hydrogens (tertiary/aromatic N) is 2. The Kier molecular flexibility index (Phi) is 7.78. The molecule has 0 spiro atoms. The quantitative estimate of drug-likeness (QED) is 0.660. The van der Waals surface area contributed by atoms with Gasteiger partial charge in [-0.2, -0.15) is 5.10 Å². The van der Waals surface area contributed by atoms with E-state index in [0.717, 1.165) is 35.5 Å². The van der Waals surface area contributed by atoms with Crippen molar-refractivity contribution >= 4 is 35.0 Å². The third kappa shape index (κ3) is 5.76. The molecule has 0 unspecified atom stereocenters. The normalized spacial score (nSPS) is 14.5. The fourth-order valence-corrected chi connectivity index (χ4v) is 4.18. The van der Waals surface area contributed by atoms with Crippen molar-refractivity contribution in [3.05, 3.63) is 45.2 Å². The lowest BCUT2D eigenvalue weighted by Crippen LogP contribution is -2.38. The SMILES string of the molecule is Cc1nn(-c2ccc(Cl)c(Cl)c2)c(C)c1CC(=O)NCCC(=O)NC1CCCCC1. The van der Waals surface area contributed by atoms with Crippen LogP contribution >= 0.6 is 23.2 Å². The first kappa shape index (κ1) is 22.6. The molecule has 1 saturated carbocycles. The van der Waals surface area contributed by atoms with E-state index in [1.807, 2.05) is 19.9 Å². The molecule has 2 aromatic rings. The summed E-state index contributed by atoms with van der Waals surface area (Å²) in [6.45, 7) is 4.13. The first-order valence-corrected chi connectivity index (χ1v) is 11.2. The standard InChI is InChI=1S/C22H28Cl2N4O2/c1-14-18(15(2)28(27-14)17-8-9-19(23)20(24)12-17)13-22(30)25-11-10-21(29)26-16-6-4-3-5-7-16/h8-9,12,16H,3-7,10-11,13H2,1-2H3,(H,25,30)(H,26,29). The van der Waals surface area contributed by atoms with Gasteiger partial charge >= 0.3 is 0 Å². The summed E-state index contributed by atoms with van der Waals surface area (Å²) >= 11 is 12.1.